The van der Waals surface area contributed by atoms with Gasteiger partial charge in [0.1, 0.15) is 0 Å². The van der Waals surface area contributed by atoms with Crippen molar-refractivity contribution in [1.82, 2.24) is 9.03 Å². The van der Waals surface area contributed by atoms with Gasteiger partial charge in [-0.15, -0.1) is 0 Å². The largest absolute Gasteiger partial charge is 0.396 e. The third-order valence-electron chi connectivity index (χ3n) is 2.42. The summed E-state index contributed by atoms with van der Waals surface area (Å²) in [4.78, 5) is 0. The van der Waals surface area contributed by atoms with Crippen molar-refractivity contribution < 1.29 is 13.5 Å². The molecular formula is C9H20N2O3S3. The highest BCUT2D eigenvalue weighted by atomic mass is 32.2. The summed E-state index contributed by atoms with van der Waals surface area (Å²) in [5.41, 5.74) is 0. The van der Waals surface area contributed by atoms with Crippen molar-refractivity contribution in [2.45, 2.75) is 11.7 Å². The van der Waals surface area contributed by atoms with Crippen LogP contribution in [0.3, 0.4) is 0 Å². The normalized spacial score (nSPS) is 21.9. The highest BCUT2D eigenvalue weighted by molar-refractivity contribution is 8.06. The maximum absolute atomic E-state index is 11.8. The van der Waals surface area contributed by atoms with Gasteiger partial charge >= 0.3 is 0 Å². The summed E-state index contributed by atoms with van der Waals surface area (Å²) in [6.45, 7) is 0.844. The Morgan fingerprint density at radius 1 is 1.47 bits per heavy atom. The Morgan fingerprint density at radius 3 is 2.82 bits per heavy atom. The van der Waals surface area contributed by atoms with Gasteiger partial charge in [0.05, 0.1) is 0 Å². The number of nitrogens with zero attached hydrogens (tertiary/aromatic N) is 1. The molecule has 0 aromatic heterocycles. The number of aliphatic hydroxyl groups excluding tert-OH is 1. The van der Waals surface area contributed by atoms with Gasteiger partial charge in [-0.05, 0) is 6.42 Å². The summed E-state index contributed by atoms with van der Waals surface area (Å²) in [7, 11) is -1.85. The van der Waals surface area contributed by atoms with Crippen molar-refractivity contribution in [3.8, 4) is 0 Å². The number of thioether (sulfide) groups is 2. The first kappa shape index (κ1) is 15.6. The summed E-state index contributed by atoms with van der Waals surface area (Å²) < 4.78 is 27.5. The lowest BCUT2D eigenvalue weighted by Gasteiger charge is -2.23. The van der Waals surface area contributed by atoms with Crippen LogP contribution in [0.1, 0.15) is 6.42 Å². The molecule has 1 fully saturated rings. The molecule has 0 amide bonds. The van der Waals surface area contributed by atoms with Gasteiger partial charge in [-0.1, -0.05) is 0 Å². The number of hydrogen-bond acceptors (Lipinski definition) is 5. The molecule has 1 aliphatic heterocycles. The highest BCUT2D eigenvalue weighted by Crippen LogP contribution is 2.23. The van der Waals surface area contributed by atoms with Crippen LogP contribution < -0.4 is 4.72 Å². The predicted octanol–water partition coefficient (Wildman–Crippen LogP) is -0.0164. The molecule has 1 atom stereocenters. The lowest BCUT2D eigenvalue weighted by Crippen LogP contribution is -2.42. The Hall–Kier alpha value is 0.530. The van der Waals surface area contributed by atoms with Crippen molar-refractivity contribution >= 4 is 33.7 Å². The van der Waals surface area contributed by atoms with E-state index in [-0.39, 0.29) is 6.61 Å². The van der Waals surface area contributed by atoms with Crippen molar-refractivity contribution in [3.63, 3.8) is 0 Å². The zero-order chi connectivity index (χ0) is 12.7. The summed E-state index contributed by atoms with van der Waals surface area (Å²) >= 11 is 3.70. The van der Waals surface area contributed by atoms with Gasteiger partial charge in [-0.3, -0.25) is 0 Å². The van der Waals surface area contributed by atoms with Crippen molar-refractivity contribution in [1.29, 1.82) is 0 Å². The van der Waals surface area contributed by atoms with Crippen LogP contribution in [-0.4, -0.2) is 67.1 Å². The number of hydrogen-bond donors (Lipinski definition) is 2. The van der Waals surface area contributed by atoms with Gasteiger partial charge in [0, 0.05) is 49.3 Å². The Morgan fingerprint density at radius 2 is 2.24 bits per heavy atom. The van der Waals surface area contributed by atoms with Gasteiger partial charge < -0.3 is 5.11 Å². The van der Waals surface area contributed by atoms with Gasteiger partial charge in [-0.2, -0.15) is 36.2 Å². The molecule has 1 rings (SSSR count). The van der Waals surface area contributed by atoms with E-state index in [9.17, 15) is 8.42 Å². The van der Waals surface area contributed by atoms with Crippen LogP contribution in [0.25, 0.3) is 0 Å². The Labute approximate surface area is 112 Å². The third kappa shape index (κ3) is 5.80. The minimum Gasteiger partial charge on any atom is -0.396 e. The maximum atomic E-state index is 11.8. The van der Waals surface area contributed by atoms with Crippen LogP contribution in [0.2, 0.25) is 0 Å². The maximum Gasteiger partial charge on any atom is 0.279 e. The minimum absolute atomic E-state index is 0.00891. The first-order chi connectivity index (χ1) is 8.06. The second kappa shape index (κ2) is 7.85. The Balaban J connectivity index is 2.32. The Bertz CT molecular complexity index is 305. The summed E-state index contributed by atoms with van der Waals surface area (Å²) in [6.07, 6.45) is 0.464. The quantitative estimate of drug-likeness (QED) is 0.692. The zero-order valence-corrected chi connectivity index (χ0v) is 12.4. The fourth-order valence-electron chi connectivity index (χ4n) is 1.38. The first-order valence-corrected chi connectivity index (χ1v) is 9.21. The molecule has 0 saturated carbocycles. The summed E-state index contributed by atoms with van der Waals surface area (Å²) in [5, 5.41) is 9.04. The molecule has 0 spiro atoms. The van der Waals surface area contributed by atoms with E-state index in [4.69, 9.17) is 5.11 Å². The molecule has 1 unspecified atom stereocenters. The third-order valence-corrected chi connectivity index (χ3v) is 6.80. The minimum atomic E-state index is -3.38. The smallest absolute Gasteiger partial charge is 0.279 e. The monoisotopic (exact) mass is 300 g/mol. The van der Waals surface area contributed by atoms with E-state index in [1.54, 1.807) is 0 Å². The average Bonchev–Trinajstić information content (AvgIpc) is 2.35. The molecular weight excluding hydrogens is 280 g/mol. The second-order valence-corrected chi connectivity index (χ2v) is 8.24. The summed E-state index contributed by atoms with van der Waals surface area (Å²) in [6, 6.07) is 0. The van der Waals surface area contributed by atoms with E-state index in [0.29, 0.717) is 24.8 Å². The molecule has 5 nitrogen and oxygen atoms in total. The average molecular weight is 300 g/mol. The van der Waals surface area contributed by atoms with Crippen molar-refractivity contribution in [2.24, 2.45) is 0 Å². The summed E-state index contributed by atoms with van der Waals surface area (Å²) in [5.74, 6) is 3.26. The van der Waals surface area contributed by atoms with Crippen molar-refractivity contribution in [3.05, 3.63) is 0 Å². The topological polar surface area (TPSA) is 69.6 Å². The van der Waals surface area contributed by atoms with E-state index < -0.39 is 10.2 Å². The molecule has 1 saturated heterocycles. The van der Waals surface area contributed by atoms with Crippen LogP contribution >= 0.6 is 23.5 Å². The van der Waals surface area contributed by atoms with Crippen LogP contribution in [-0.2, 0) is 10.2 Å². The molecule has 1 heterocycles. The fourth-order valence-corrected chi connectivity index (χ4v) is 5.10. The van der Waals surface area contributed by atoms with Gasteiger partial charge in [0.2, 0.25) is 0 Å². The van der Waals surface area contributed by atoms with Gasteiger partial charge in [0.25, 0.3) is 10.2 Å². The standard InChI is InChI=1S/C9H20N2O3S3/c1-11(3-2-4-12)17(13,14)10-7-9-8-15-5-6-16-9/h9-10,12H,2-8H2,1H3. The molecule has 17 heavy (non-hydrogen) atoms. The van der Waals surface area contributed by atoms with Crippen LogP contribution in [0.4, 0.5) is 0 Å². The number of rotatable bonds is 7. The lowest BCUT2D eigenvalue weighted by atomic mass is 10.5. The molecule has 8 heteroatoms. The zero-order valence-electron chi connectivity index (χ0n) is 9.96. The highest BCUT2D eigenvalue weighted by Gasteiger charge is 2.20. The van der Waals surface area contributed by atoms with E-state index in [2.05, 4.69) is 4.72 Å². The molecule has 0 aliphatic carbocycles. The van der Waals surface area contributed by atoms with E-state index in [1.807, 2.05) is 23.5 Å². The second-order valence-electron chi connectivity index (χ2n) is 3.82. The van der Waals surface area contributed by atoms with E-state index in [1.165, 1.54) is 11.4 Å². The number of aliphatic hydroxyl groups is 1. The SMILES string of the molecule is CN(CCCO)S(=O)(=O)NCC1CSCCS1. The van der Waals surface area contributed by atoms with Gasteiger partial charge in [0.15, 0.2) is 0 Å². The molecule has 1 aliphatic rings. The van der Waals surface area contributed by atoms with Crippen LogP contribution in [0, 0.1) is 0 Å². The van der Waals surface area contributed by atoms with E-state index in [0.717, 1.165) is 17.3 Å². The molecule has 0 radical (unpaired) electrons. The lowest BCUT2D eigenvalue weighted by molar-refractivity contribution is 0.275. The fraction of sp³-hybridized carbons (Fsp3) is 1.00. The molecule has 2 N–H and O–H groups in total. The molecule has 0 bridgehead atoms. The predicted molar refractivity (Wildman–Crippen MR) is 74.8 cm³/mol. The van der Waals surface area contributed by atoms with Crippen molar-refractivity contribution in [2.75, 3.05) is 44.0 Å². The Kier molecular flexibility index (Phi) is 7.20. The van der Waals surface area contributed by atoms with Crippen LogP contribution in [0.5, 0.6) is 0 Å². The molecule has 0 aromatic rings. The number of nitrogens with one attached hydrogen (secondary N) is 1. The molecule has 0 aromatic carbocycles. The first-order valence-electron chi connectivity index (χ1n) is 5.57. The molecule has 102 valence electrons. The van der Waals surface area contributed by atoms with E-state index >= 15 is 0 Å². The van der Waals surface area contributed by atoms with Crippen LogP contribution in [0.15, 0.2) is 0 Å². The van der Waals surface area contributed by atoms with Gasteiger partial charge in [-0.25, -0.2) is 4.72 Å².